The van der Waals surface area contributed by atoms with Gasteiger partial charge in [-0.25, -0.2) is 9.97 Å². The molecule has 2 atom stereocenters. The van der Waals surface area contributed by atoms with Crippen molar-refractivity contribution in [3.05, 3.63) is 21.7 Å². The summed E-state index contributed by atoms with van der Waals surface area (Å²) in [6, 6.07) is 0. The van der Waals surface area contributed by atoms with E-state index < -0.39 is 0 Å². The lowest BCUT2D eigenvalue weighted by molar-refractivity contribution is 0.250. The van der Waals surface area contributed by atoms with E-state index in [4.69, 9.17) is 0 Å². The molecular formula is C17H28N6S2. The molecule has 4 heterocycles. The molecule has 1 N–H and O–H groups in total. The highest BCUT2D eigenvalue weighted by molar-refractivity contribution is 7.05. The molecular weight excluding hydrogens is 352 g/mol. The molecule has 8 heteroatoms. The summed E-state index contributed by atoms with van der Waals surface area (Å²) in [6.07, 6.45) is 5.10. The van der Waals surface area contributed by atoms with Crippen LogP contribution in [-0.2, 0) is 0 Å². The second-order valence-corrected chi connectivity index (χ2v) is 8.57. The molecule has 0 radical (unpaired) electrons. The molecule has 2 aromatic heterocycles. The van der Waals surface area contributed by atoms with Crippen molar-refractivity contribution in [2.24, 2.45) is 0 Å². The maximum atomic E-state index is 4.45. The number of aryl methyl sites for hydroxylation is 2. The second-order valence-electron chi connectivity index (χ2n) is 7.00. The largest absolute Gasteiger partial charge is 0.316 e. The fraction of sp³-hybridized carbons (Fsp3) is 0.765. The van der Waals surface area contributed by atoms with Crippen LogP contribution in [0.2, 0.25) is 0 Å². The second kappa shape index (κ2) is 9.12. The average Bonchev–Trinajstić information content (AvgIpc) is 3.25. The molecule has 4 rings (SSSR count). The third-order valence-corrected chi connectivity index (χ3v) is 6.64. The van der Waals surface area contributed by atoms with Crippen LogP contribution >= 0.6 is 23.1 Å². The van der Waals surface area contributed by atoms with Crippen LogP contribution in [0, 0.1) is 13.8 Å². The maximum absolute atomic E-state index is 4.45. The molecule has 2 saturated heterocycles. The topological polar surface area (TPSA) is 66.8 Å². The Hall–Kier alpha value is -0.960. The Morgan fingerprint density at radius 1 is 0.960 bits per heavy atom. The van der Waals surface area contributed by atoms with Gasteiger partial charge in [0.2, 0.25) is 0 Å². The van der Waals surface area contributed by atoms with Crippen molar-refractivity contribution in [1.82, 2.24) is 28.9 Å². The molecule has 0 amide bonds. The predicted octanol–water partition coefficient (Wildman–Crippen LogP) is 2.97. The van der Waals surface area contributed by atoms with E-state index in [1.807, 2.05) is 13.8 Å². The van der Waals surface area contributed by atoms with Crippen LogP contribution in [0.3, 0.4) is 0 Å². The van der Waals surface area contributed by atoms with Gasteiger partial charge in [-0.2, -0.15) is 8.75 Å². The fourth-order valence-corrected chi connectivity index (χ4v) is 4.96. The highest BCUT2D eigenvalue weighted by Gasteiger charge is 2.21. The van der Waals surface area contributed by atoms with Gasteiger partial charge in [-0.15, -0.1) is 0 Å². The number of aromatic nitrogens is 4. The standard InChI is InChI=1S/C9H15N3S.C8H13N3S/c1-7-10-9(13-11-7)8-4-3-5-12(2)6-8;1-6-10-8(12-11-6)7-3-2-4-9-5-7/h8H,3-6H2,1-2H3;7,9H,2-5H2,1H3. The van der Waals surface area contributed by atoms with Gasteiger partial charge in [-0.05, 0) is 82.7 Å². The molecule has 2 aliphatic heterocycles. The summed E-state index contributed by atoms with van der Waals surface area (Å²) in [4.78, 5) is 11.2. The summed E-state index contributed by atoms with van der Waals surface area (Å²) in [7, 11) is 2.18. The van der Waals surface area contributed by atoms with Gasteiger partial charge < -0.3 is 10.2 Å². The van der Waals surface area contributed by atoms with Gasteiger partial charge in [0, 0.05) is 24.9 Å². The molecule has 0 saturated carbocycles. The fourth-order valence-electron chi connectivity index (χ4n) is 3.39. The highest BCUT2D eigenvalue weighted by Crippen LogP contribution is 2.27. The van der Waals surface area contributed by atoms with Crippen molar-refractivity contribution >= 4 is 23.1 Å². The summed E-state index contributed by atoms with van der Waals surface area (Å²) in [6.45, 7) is 8.54. The van der Waals surface area contributed by atoms with Crippen molar-refractivity contribution in [1.29, 1.82) is 0 Å². The van der Waals surface area contributed by atoms with Crippen molar-refractivity contribution in [2.45, 2.75) is 51.4 Å². The monoisotopic (exact) mass is 380 g/mol. The van der Waals surface area contributed by atoms with Crippen molar-refractivity contribution in [3.8, 4) is 0 Å². The number of piperidine rings is 2. The number of likely N-dealkylation sites (tertiary alicyclic amines) is 1. The van der Waals surface area contributed by atoms with Crippen LogP contribution < -0.4 is 5.32 Å². The minimum Gasteiger partial charge on any atom is -0.316 e. The first kappa shape index (κ1) is 18.8. The Morgan fingerprint density at radius 2 is 1.60 bits per heavy atom. The first-order valence-corrected chi connectivity index (χ1v) is 10.7. The van der Waals surface area contributed by atoms with Gasteiger partial charge >= 0.3 is 0 Å². The van der Waals surface area contributed by atoms with E-state index in [1.165, 1.54) is 42.2 Å². The third-order valence-electron chi connectivity index (χ3n) is 4.71. The minimum absolute atomic E-state index is 0.616. The predicted molar refractivity (Wildman–Crippen MR) is 104 cm³/mol. The molecule has 2 aliphatic rings. The zero-order valence-electron chi connectivity index (χ0n) is 15.4. The van der Waals surface area contributed by atoms with Crippen molar-refractivity contribution < 1.29 is 0 Å². The lowest BCUT2D eigenvalue weighted by Gasteiger charge is -2.27. The number of nitrogens with zero attached hydrogens (tertiary/aromatic N) is 5. The molecule has 2 aromatic rings. The number of rotatable bonds is 2. The number of hydrogen-bond acceptors (Lipinski definition) is 8. The number of nitrogens with one attached hydrogen (secondary N) is 1. The summed E-state index contributed by atoms with van der Waals surface area (Å²) in [5.74, 6) is 3.09. The molecule has 138 valence electrons. The molecule has 0 spiro atoms. The maximum Gasteiger partial charge on any atom is 0.139 e. The molecule has 2 unspecified atom stereocenters. The lowest BCUT2D eigenvalue weighted by Crippen LogP contribution is -2.30. The lowest BCUT2D eigenvalue weighted by atomic mass is 9.99. The normalized spacial score (nSPS) is 24.6. The Kier molecular flexibility index (Phi) is 6.86. The quantitative estimate of drug-likeness (QED) is 0.864. The highest BCUT2D eigenvalue weighted by atomic mass is 32.1. The van der Waals surface area contributed by atoms with E-state index in [0.29, 0.717) is 11.8 Å². The number of hydrogen-bond donors (Lipinski definition) is 1. The Morgan fingerprint density at radius 3 is 2.12 bits per heavy atom. The van der Waals surface area contributed by atoms with E-state index >= 15 is 0 Å². The average molecular weight is 381 g/mol. The van der Waals surface area contributed by atoms with E-state index in [2.05, 4.69) is 36.0 Å². The van der Waals surface area contributed by atoms with E-state index in [1.54, 1.807) is 23.1 Å². The Labute approximate surface area is 158 Å². The summed E-state index contributed by atoms with van der Waals surface area (Å²) in [5, 5.41) is 5.82. The van der Waals surface area contributed by atoms with Crippen LogP contribution in [-0.4, -0.2) is 56.8 Å². The summed E-state index contributed by atoms with van der Waals surface area (Å²) >= 11 is 3.13. The van der Waals surface area contributed by atoms with Gasteiger partial charge in [-0.1, -0.05) is 0 Å². The molecule has 25 heavy (non-hydrogen) atoms. The van der Waals surface area contributed by atoms with Gasteiger partial charge in [0.25, 0.3) is 0 Å². The molecule has 0 bridgehead atoms. The molecule has 0 aliphatic carbocycles. The third kappa shape index (κ3) is 5.51. The molecule has 2 fully saturated rings. The van der Waals surface area contributed by atoms with Gasteiger partial charge in [0.05, 0.1) is 0 Å². The van der Waals surface area contributed by atoms with Crippen molar-refractivity contribution in [3.63, 3.8) is 0 Å². The smallest absolute Gasteiger partial charge is 0.139 e. The Bertz CT molecular complexity index is 649. The van der Waals surface area contributed by atoms with Crippen molar-refractivity contribution in [2.75, 3.05) is 33.2 Å². The van der Waals surface area contributed by atoms with Crippen LogP contribution in [0.15, 0.2) is 0 Å². The summed E-state index contributed by atoms with van der Waals surface area (Å²) in [5.41, 5.74) is 0. The van der Waals surface area contributed by atoms with Crippen LogP contribution in [0.4, 0.5) is 0 Å². The zero-order chi connectivity index (χ0) is 17.6. The summed E-state index contributed by atoms with van der Waals surface area (Å²) < 4.78 is 8.42. The SMILES string of the molecule is Cc1nsc(C2CCCN(C)C2)n1.Cc1nsc(C2CCCNC2)n1. The number of likely N-dealkylation sites (N-methyl/N-ethyl adjacent to an activating group) is 1. The minimum atomic E-state index is 0.616. The first-order valence-electron chi connectivity index (χ1n) is 9.11. The van der Waals surface area contributed by atoms with Gasteiger partial charge in [0.1, 0.15) is 21.7 Å². The van der Waals surface area contributed by atoms with Gasteiger partial charge in [-0.3, -0.25) is 0 Å². The molecule has 0 aromatic carbocycles. The van der Waals surface area contributed by atoms with E-state index in [9.17, 15) is 0 Å². The molecule has 6 nitrogen and oxygen atoms in total. The van der Waals surface area contributed by atoms with E-state index in [0.717, 1.165) is 31.3 Å². The van der Waals surface area contributed by atoms with Gasteiger partial charge in [0.15, 0.2) is 0 Å². The van der Waals surface area contributed by atoms with Crippen LogP contribution in [0.1, 0.15) is 59.2 Å². The Balaban J connectivity index is 0.000000146. The van der Waals surface area contributed by atoms with Crippen LogP contribution in [0.25, 0.3) is 0 Å². The van der Waals surface area contributed by atoms with Crippen LogP contribution in [0.5, 0.6) is 0 Å². The zero-order valence-corrected chi connectivity index (χ0v) is 17.0. The first-order chi connectivity index (χ1) is 12.1. The van der Waals surface area contributed by atoms with E-state index in [-0.39, 0.29) is 0 Å².